The number of hydrogen-bond donors (Lipinski definition) is 2. The van der Waals surface area contributed by atoms with Crippen LogP contribution >= 0.6 is 0 Å². The molecular formula is C16H23FN2O2. The van der Waals surface area contributed by atoms with Crippen molar-refractivity contribution in [2.75, 3.05) is 11.9 Å². The number of hydrogen-bond acceptors (Lipinski definition) is 2. The molecule has 0 saturated carbocycles. The fourth-order valence-electron chi connectivity index (χ4n) is 1.93. The zero-order chi connectivity index (χ0) is 15.5. The van der Waals surface area contributed by atoms with Gasteiger partial charge in [-0.3, -0.25) is 9.59 Å². The van der Waals surface area contributed by atoms with Gasteiger partial charge < -0.3 is 10.6 Å². The lowest BCUT2D eigenvalue weighted by atomic mass is 10.1. The number of carbonyl (C=O) groups excluding carboxylic acids is 2. The zero-order valence-corrected chi connectivity index (χ0v) is 12.5. The lowest BCUT2D eigenvalue weighted by molar-refractivity contribution is -0.124. The van der Waals surface area contributed by atoms with E-state index >= 15 is 0 Å². The first-order valence-electron chi connectivity index (χ1n) is 7.44. The van der Waals surface area contributed by atoms with Crippen molar-refractivity contribution < 1.29 is 14.0 Å². The summed E-state index contributed by atoms with van der Waals surface area (Å²) in [6.07, 6.45) is 5.83. The molecule has 0 aliphatic carbocycles. The summed E-state index contributed by atoms with van der Waals surface area (Å²) < 4.78 is 12.9. The second-order valence-electron chi connectivity index (χ2n) is 5.00. The fourth-order valence-corrected chi connectivity index (χ4v) is 1.93. The first kappa shape index (κ1) is 17.1. The van der Waals surface area contributed by atoms with Gasteiger partial charge in [-0.2, -0.15) is 0 Å². The highest BCUT2D eigenvalue weighted by Crippen LogP contribution is 2.08. The van der Waals surface area contributed by atoms with Crippen LogP contribution in [-0.4, -0.2) is 18.4 Å². The molecule has 0 saturated heterocycles. The standard InChI is InChI=1S/C16H23FN2O2/c1-2-3-4-5-6-10-15(20)18-12-16(21)19-14-9-7-8-13(17)11-14/h7-9,11H,2-6,10,12H2,1H3,(H,18,20)(H,19,21). The molecule has 4 nitrogen and oxygen atoms in total. The molecule has 1 aromatic carbocycles. The summed E-state index contributed by atoms with van der Waals surface area (Å²) in [5.74, 6) is -0.898. The minimum absolute atomic E-state index is 0.0929. The van der Waals surface area contributed by atoms with Crippen LogP contribution < -0.4 is 10.6 Å². The average molecular weight is 294 g/mol. The van der Waals surface area contributed by atoms with Gasteiger partial charge in [-0.05, 0) is 24.6 Å². The van der Waals surface area contributed by atoms with E-state index in [0.29, 0.717) is 12.1 Å². The van der Waals surface area contributed by atoms with Crippen LogP contribution in [0.3, 0.4) is 0 Å². The van der Waals surface area contributed by atoms with E-state index in [2.05, 4.69) is 17.6 Å². The first-order valence-corrected chi connectivity index (χ1v) is 7.44. The van der Waals surface area contributed by atoms with Gasteiger partial charge in [0.1, 0.15) is 5.82 Å². The topological polar surface area (TPSA) is 58.2 Å². The summed E-state index contributed by atoms with van der Waals surface area (Å²) in [6, 6.07) is 5.64. The van der Waals surface area contributed by atoms with Crippen molar-refractivity contribution >= 4 is 17.5 Å². The number of carbonyl (C=O) groups is 2. The van der Waals surface area contributed by atoms with E-state index in [-0.39, 0.29) is 18.4 Å². The summed E-state index contributed by atoms with van der Waals surface area (Å²) in [4.78, 5) is 23.1. The van der Waals surface area contributed by atoms with E-state index in [9.17, 15) is 14.0 Å². The third-order valence-corrected chi connectivity index (χ3v) is 3.06. The Morgan fingerprint density at radius 2 is 1.86 bits per heavy atom. The highest BCUT2D eigenvalue weighted by atomic mass is 19.1. The highest BCUT2D eigenvalue weighted by molar-refractivity contribution is 5.94. The maximum Gasteiger partial charge on any atom is 0.243 e. The van der Waals surface area contributed by atoms with Gasteiger partial charge in [0.05, 0.1) is 6.54 Å². The van der Waals surface area contributed by atoms with Crippen LogP contribution in [0.5, 0.6) is 0 Å². The predicted molar refractivity (Wildman–Crippen MR) is 81.4 cm³/mol. The average Bonchev–Trinajstić information content (AvgIpc) is 2.45. The van der Waals surface area contributed by atoms with Gasteiger partial charge in [0.2, 0.25) is 11.8 Å². The van der Waals surface area contributed by atoms with E-state index in [1.54, 1.807) is 6.07 Å². The molecule has 0 aliphatic heterocycles. The van der Waals surface area contributed by atoms with Crippen LogP contribution in [0.4, 0.5) is 10.1 Å². The minimum atomic E-state index is -0.413. The molecule has 21 heavy (non-hydrogen) atoms. The largest absolute Gasteiger partial charge is 0.347 e. The smallest absolute Gasteiger partial charge is 0.243 e. The quantitative estimate of drug-likeness (QED) is 0.687. The van der Waals surface area contributed by atoms with Crippen LogP contribution in [0.15, 0.2) is 24.3 Å². The number of unbranched alkanes of at least 4 members (excludes halogenated alkanes) is 4. The number of benzene rings is 1. The number of anilines is 1. The Kier molecular flexibility index (Phi) is 8.09. The maximum atomic E-state index is 12.9. The van der Waals surface area contributed by atoms with Gasteiger partial charge in [0, 0.05) is 12.1 Å². The van der Waals surface area contributed by atoms with Gasteiger partial charge in [0.25, 0.3) is 0 Å². The number of rotatable bonds is 9. The second kappa shape index (κ2) is 9.91. The van der Waals surface area contributed by atoms with Crippen LogP contribution in [0, 0.1) is 5.82 Å². The third kappa shape index (κ3) is 8.07. The van der Waals surface area contributed by atoms with Gasteiger partial charge >= 0.3 is 0 Å². The summed E-state index contributed by atoms with van der Waals surface area (Å²) in [6.45, 7) is 2.05. The second-order valence-corrected chi connectivity index (χ2v) is 5.00. The Labute approximate surface area is 125 Å². The Morgan fingerprint density at radius 1 is 1.10 bits per heavy atom. The molecule has 0 fully saturated rings. The number of nitrogens with one attached hydrogen (secondary N) is 2. The Hall–Kier alpha value is -1.91. The van der Waals surface area contributed by atoms with E-state index in [4.69, 9.17) is 0 Å². The molecule has 2 amide bonds. The molecule has 0 spiro atoms. The highest BCUT2D eigenvalue weighted by Gasteiger charge is 2.06. The molecule has 0 heterocycles. The van der Waals surface area contributed by atoms with Crippen LogP contribution in [0.2, 0.25) is 0 Å². The van der Waals surface area contributed by atoms with Crippen molar-refractivity contribution in [3.05, 3.63) is 30.1 Å². The SMILES string of the molecule is CCCCCCCC(=O)NCC(=O)Nc1cccc(F)c1. The van der Waals surface area contributed by atoms with Crippen molar-refractivity contribution in [2.45, 2.75) is 45.4 Å². The molecular weight excluding hydrogens is 271 g/mol. The third-order valence-electron chi connectivity index (χ3n) is 3.06. The van der Waals surface area contributed by atoms with Crippen molar-refractivity contribution in [1.29, 1.82) is 0 Å². The predicted octanol–water partition coefficient (Wildman–Crippen LogP) is 3.24. The molecule has 0 aliphatic rings. The summed E-state index contributed by atoms with van der Waals surface area (Å²) in [7, 11) is 0. The molecule has 0 aromatic heterocycles. The molecule has 0 atom stereocenters. The molecule has 0 bridgehead atoms. The summed E-state index contributed by atoms with van der Waals surface area (Å²) >= 11 is 0. The lowest BCUT2D eigenvalue weighted by Gasteiger charge is -2.07. The van der Waals surface area contributed by atoms with E-state index in [1.165, 1.54) is 31.0 Å². The van der Waals surface area contributed by atoms with Gasteiger partial charge in [-0.15, -0.1) is 0 Å². The molecule has 5 heteroatoms. The van der Waals surface area contributed by atoms with Gasteiger partial charge in [-0.25, -0.2) is 4.39 Å². The summed E-state index contributed by atoms with van der Waals surface area (Å²) in [5.41, 5.74) is 0.383. The molecule has 116 valence electrons. The summed E-state index contributed by atoms with van der Waals surface area (Å²) in [5, 5.41) is 5.09. The molecule has 1 rings (SSSR count). The number of amides is 2. The lowest BCUT2D eigenvalue weighted by Crippen LogP contribution is -2.32. The van der Waals surface area contributed by atoms with Crippen LogP contribution in [0.25, 0.3) is 0 Å². The Balaban J connectivity index is 2.16. The van der Waals surface area contributed by atoms with Crippen molar-refractivity contribution in [2.24, 2.45) is 0 Å². The van der Waals surface area contributed by atoms with Crippen molar-refractivity contribution in [3.8, 4) is 0 Å². The number of halogens is 1. The Bertz CT molecular complexity index is 463. The maximum absolute atomic E-state index is 12.9. The molecule has 0 radical (unpaired) electrons. The van der Waals surface area contributed by atoms with Crippen LogP contribution in [0.1, 0.15) is 45.4 Å². The fraction of sp³-hybridized carbons (Fsp3) is 0.500. The molecule has 0 unspecified atom stereocenters. The van der Waals surface area contributed by atoms with Gasteiger partial charge in [0.15, 0.2) is 0 Å². The Morgan fingerprint density at radius 3 is 2.57 bits per heavy atom. The van der Waals surface area contributed by atoms with Crippen molar-refractivity contribution in [3.63, 3.8) is 0 Å². The van der Waals surface area contributed by atoms with Crippen LogP contribution in [-0.2, 0) is 9.59 Å². The zero-order valence-electron chi connectivity index (χ0n) is 12.5. The first-order chi connectivity index (χ1) is 10.1. The minimum Gasteiger partial charge on any atom is -0.347 e. The monoisotopic (exact) mass is 294 g/mol. The van der Waals surface area contributed by atoms with E-state index in [1.807, 2.05) is 0 Å². The van der Waals surface area contributed by atoms with E-state index in [0.717, 1.165) is 19.3 Å². The van der Waals surface area contributed by atoms with Crippen molar-refractivity contribution in [1.82, 2.24) is 5.32 Å². The van der Waals surface area contributed by atoms with Gasteiger partial charge in [-0.1, -0.05) is 38.7 Å². The molecule has 1 aromatic rings. The molecule has 2 N–H and O–H groups in total. The van der Waals surface area contributed by atoms with E-state index < -0.39 is 5.82 Å². The normalized spacial score (nSPS) is 10.2.